The van der Waals surface area contributed by atoms with Crippen LogP contribution in [0.15, 0.2) is 41.0 Å². The lowest BCUT2D eigenvalue weighted by Crippen LogP contribution is -2.22. The number of carbonyl (C=O) groups is 1. The highest BCUT2D eigenvalue weighted by Gasteiger charge is 2.11. The van der Waals surface area contributed by atoms with Crippen molar-refractivity contribution >= 4 is 11.6 Å². The van der Waals surface area contributed by atoms with Crippen LogP contribution in [0.1, 0.15) is 21.7 Å². The van der Waals surface area contributed by atoms with E-state index in [-0.39, 0.29) is 5.91 Å². The summed E-state index contributed by atoms with van der Waals surface area (Å²) in [4.78, 5) is 11.7. The molecule has 1 aromatic carbocycles. The molecule has 0 aliphatic heterocycles. The molecule has 0 unspecified atom stereocenters. The third-order valence-electron chi connectivity index (χ3n) is 2.47. The quantitative estimate of drug-likeness (QED) is 0.793. The Labute approximate surface area is 99.4 Å². The van der Waals surface area contributed by atoms with E-state index in [0.29, 0.717) is 18.0 Å². The second-order valence-corrected chi connectivity index (χ2v) is 3.86. The number of benzene rings is 1. The maximum Gasteiger partial charge on any atom is 0.287 e. The number of aryl methyl sites for hydroxylation is 1. The number of anilines is 1. The first kappa shape index (κ1) is 11.3. The smallest absolute Gasteiger partial charge is 0.287 e. The highest BCUT2D eigenvalue weighted by Crippen LogP contribution is 2.10. The number of rotatable bonds is 3. The Balaban J connectivity index is 1.99. The normalized spacial score (nSPS) is 10.2. The number of furan rings is 1. The van der Waals surface area contributed by atoms with Crippen LogP contribution in [0.2, 0.25) is 0 Å². The van der Waals surface area contributed by atoms with Crippen LogP contribution in [0, 0.1) is 6.92 Å². The molecular formula is C13H14N2O2. The van der Waals surface area contributed by atoms with E-state index < -0.39 is 0 Å². The molecule has 0 radical (unpaired) electrons. The van der Waals surface area contributed by atoms with Gasteiger partial charge in [0.25, 0.3) is 5.91 Å². The highest BCUT2D eigenvalue weighted by molar-refractivity contribution is 5.92. The van der Waals surface area contributed by atoms with E-state index in [1.165, 1.54) is 6.26 Å². The largest absolute Gasteiger partial charge is 0.459 e. The van der Waals surface area contributed by atoms with Gasteiger partial charge in [0.1, 0.15) is 0 Å². The minimum atomic E-state index is -0.213. The summed E-state index contributed by atoms with van der Waals surface area (Å²) >= 11 is 0. The third-order valence-corrected chi connectivity index (χ3v) is 2.47. The van der Waals surface area contributed by atoms with Crippen LogP contribution in [0.25, 0.3) is 0 Å². The lowest BCUT2D eigenvalue weighted by atomic mass is 10.2. The highest BCUT2D eigenvalue weighted by atomic mass is 16.3. The van der Waals surface area contributed by atoms with Crippen molar-refractivity contribution in [3.63, 3.8) is 0 Å². The molecule has 0 fully saturated rings. The fourth-order valence-corrected chi connectivity index (χ4v) is 1.57. The number of nitrogens with two attached hydrogens (primary N) is 1. The van der Waals surface area contributed by atoms with E-state index in [1.807, 2.05) is 31.2 Å². The molecule has 0 aliphatic carbocycles. The van der Waals surface area contributed by atoms with Crippen molar-refractivity contribution in [3.05, 3.63) is 53.5 Å². The minimum absolute atomic E-state index is 0.213. The Bertz CT molecular complexity index is 532. The van der Waals surface area contributed by atoms with Crippen molar-refractivity contribution in [2.75, 3.05) is 5.73 Å². The molecular weight excluding hydrogens is 216 g/mol. The summed E-state index contributed by atoms with van der Waals surface area (Å²) < 4.78 is 5.10. The first-order valence-corrected chi connectivity index (χ1v) is 5.33. The molecule has 4 nitrogen and oxygen atoms in total. The van der Waals surface area contributed by atoms with E-state index in [2.05, 4.69) is 5.32 Å². The molecule has 0 spiro atoms. The summed E-state index contributed by atoms with van der Waals surface area (Å²) in [6.45, 7) is 2.27. The van der Waals surface area contributed by atoms with Gasteiger partial charge in [-0.05, 0) is 30.7 Å². The van der Waals surface area contributed by atoms with Crippen molar-refractivity contribution in [1.82, 2.24) is 5.32 Å². The SMILES string of the molecule is Cc1ccoc1C(=O)NCc1cccc(N)c1. The van der Waals surface area contributed by atoms with E-state index in [0.717, 1.165) is 11.1 Å². The summed E-state index contributed by atoms with van der Waals surface area (Å²) in [6, 6.07) is 9.16. The molecule has 2 aromatic rings. The summed E-state index contributed by atoms with van der Waals surface area (Å²) in [5.74, 6) is 0.142. The molecule has 2 rings (SSSR count). The van der Waals surface area contributed by atoms with Crippen molar-refractivity contribution in [2.45, 2.75) is 13.5 Å². The fourth-order valence-electron chi connectivity index (χ4n) is 1.57. The first-order valence-electron chi connectivity index (χ1n) is 5.33. The maximum atomic E-state index is 11.7. The number of hydrogen-bond acceptors (Lipinski definition) is 3. The third kappa shape index (κ3) is 2.66. The topological polar surface area (TPSA) is 68.3 Å². The van der Waals surface area contributed by atoms with Crippen molar-refractivity contribution in [1.29, 1.82) is 0 Å². The number of carbonyl (C=O) groups excluding carboxylic acids is 1. The molecule has 0 saturated carbocycles. The Morgan fingerprint density at radius 1 is 1.41 bits per heavy atom. The molecule has 88 valence electrons. The van der Waals surface area contributed by atoms with Gasteiger partial charge in [0.15, 0.2) is 5.76 Å². The van der Waals surface area contributed by atoms with E-state index in [1.54, 1.807) is 6.07 Å². The van der Waals surface area contributed by atoms with Crippen LogP contribution in [0.4, 0.5) is 5.69 Å². The Hall–Kier alpha value is -2.23. The summed E-state index contributed by atoms with van der Waals surface area (Å²) in [7, 11) is 0. The molecule has 0 atom stereocenters. The van der Waals surface area contributed by atoms with Gasteiger partial charge in [-0.25, -0.2) is 0 Å². The molecule has 0 aliphatic rings. The predicted molar refractivity (Wildman–Crippen MR) is 65.5 cm³/mol. The van der Waals surface area contributed by atoms with Gasteiger partial charge in [-0.15, -0.1) is 0 Å². The minimum Gasteiger partial charge on any atom is -0.459 e. The molecule has 3 N–H and O–H groups in total. The van der Waals surface area contributed by atoms with Crippen LogP contribution in [0.3, 0.4) is 0 Å². The summed E-state index contributed by atoms with van der Waals surface area (Å²) in [5.41, 5.74) is 8.13. The van der Waals surface area contributed by atoms with Gasteiger partial charge in [0, 0.05) is 17.8 Å². The molecule has 0 saturated heterocycles. The molecule has 1 aromatic heterocycles. The van der Waals surface area contributed by atoms with Crippen LogP contribution >= 0.6 is 0 Å². The second kappa shape index (κ2) is 4.74. The predicted octanol–water partition coefficient (Wildman–Crippen LogP) is 2.10. The zero-order valence-corrected chi connectivity index (χ0v) is 9.57. The first-order chi connectivity index (χ1) is 8.16. The van der Waals surface area contributed by atoms with E-state index in [4.69, 9.17) is 10.2 Å². The van der Waals surface area contributed by atoms with Crippen molar-refractivity contribution in [2.24, 2.45) is 0 Å². The monoisotopic (exact) mass is 230 g/mol. The lowest BCUT2D eigenvalue weighted by Gasteiger charge is -2.04. The van der Waals surface area contributed by atoms with Crippen LogP contribution in [0.5, 0.6) is 0 Å². The zero-order valence-electron chi connectivity index (χ0n) is 9.57. The molecule has 1 amide bonds. The number of amides is 1. The van der Waals surface area contributed by atoms with Crippen LogP contribution in [-0.4, -0.2) is 5.91 Å². The number of nitrogen functional groups attached to an aromatic ring is 1. The van der Waals surface area contributed by atoms with E-state index >= 15 is 0 Å². The Morgan fingerprint density at radius 2 is 2.24 bits per heavy atom. The molecule has 1 heterocycles. The maximum absolute atomic E-state index is 11.7. The van der Waals surface area contributed by atoms with Gasteiger partial charge >= 0.3 is 0 Å². The van der Waals surface area contributed by atoms with Gasteiger partial charge in [-0.1, -0.05) is 12.1 Å². The summed E-state index contributed by atoms with van der Waals surface area (Å²) in [6.07, 6.45) is 1.50. The van der Waals surface area contributed by atoms with Crippen molar-refractivity contribution < 1.29 is 9.21 Å². The number of nitrogens with one attached hydrogen (secondary N) is 1. The average molecular weight is 230 g/mol. The van der Waals surface area contributed by atoms with Gasteiger partial charge in [0.2, 0.25) is 0 Å². The second-order valence-electron chi connectivity index (χ2n) is 3.86. The van der Waals surface area contributed by atoms with Crippen molar-refractivity contribution in [3.8, 4) is 0 Å². The zero-order chi connectivity index (χ0) is 12.3. The lowest BCUT2D eigenvalue weighted by molar-refractivity contribution is 0.0922. The molecule has 0 bridgehead atoms. The molecule has 17 heavy (non-hydrogen) atoms. The number of hydrogen-bond donors (Lipinski definition) is 2. The Morgan fingerprint density at radius 3 is 2.88 bits per heavy atom. The van der Waals surface area contributed by atoms with Gasteiger partial charge < -0.3 is 15.5 Å². The van der Waals surface area contributed by atoms with Crippen LogP contribution < -0.4 is 11.1 Å². The van der Waals surface area contributed by atoms with Gasteiger partial charge in [0.05, 0.1) is 6.26 Å². The van der Waals surface area contributed by atoms with Crippen LogP contribution in [-0.2, 0) is 6.54 Å². The summed E-state index contributed by atoms with van der Waals surface area (Å²) in [5, 5.41) is 2.78. The molecule has 4 heteroatoms. The standard InChI is InChI=1S/C13H14N2O2/c1-9-5-6-17-12(9)13(16)15-8-10-3-2-4-11(14)7-10/h2-7H,8,14H2,1H3,(H,15,16). The fraction of sp³-hybridized carbons (Fsp3) is 0.154. The van der Waals surface area contributed by atoms with E-state index in [9.17, 15) is 4.79 Å². The van der Waals surface area contributed by atoms with Gasteiger partial charge in [-0.3, -0.25) is 4.79 Å². The Kier molecular flexibility index (Phi) is 3.14. The average Bonchev–Trinajstić information content (AvgIpc) is 2.72. The van der Waals surface area contributed by atoms with Gasteiger partial charge in [-0.2, -0.15) is 0 Å².